The van der Waals surface area contributed by atoms with Gasteiger partial charge in [-0.05, 0) is 35.2 Å². The zero-order valence-electron chi connectivity index (χ0n) is 10.7. The molecule has 1 aliphatic rings. The molecule has 1 atom stereocenters. The molecule has 1 saturated carbocycles. The normalized spacial score (nSPS) is 16.3. The molecule has 1 unspecified atom stereocenters. The molecule has 0 aliphatic heterocycles. The van der Waals surface area contributed by atoms with E-state index in [2.05, 4.69) is 48.1 Å². The van der Waals surface area contributed by atoms with Gasteiger partial charge in [0.15, 0.2) is 0 Å². The predicted octanol–water partition coefficient (Wildman–Crippen LogP) is 3.40. The van der Waals surface area contributed by atoms with E-state index in [4.69, 9.17) is 0 Å². The van der Waals surface area contributed by atoms with Crippen molar-refractivity contribution in [1.29, 1.82) is 0 Å². The van der Waals surface area contributed by atoms with Crippen molar-refractivity contribution in [3.05, 3.63) is 34.7 Å². The van der Waals surface area contributed by atoms with Crippen LogP contribution in [0.3, 0.4) is 0 Å². The SMILES string of the molecule is CCC(Nc1cc(Br)nc(C2CC2)n1)c1ncc[nH]1. The fourth-order valence-electron chi connectivity index (χ4n) is 2.04. The molecular formula is C13H16BrN5. The van der Waals surface area contributed by atoms with Crippen LogP contribution in [-0.4, -0.2) is 19.9 Å². The van der Waals surface area contributed by atoms with Gasteiger partial charge < -0.3 is 10.3 Å². The number of hydrogen-bond donors (Lipinski definition) is 2. The summed E-state index contributed by atoms with van der Waals surface area (Å²) in [6.45, 7) is 2.12. The van der Waals surface area contributed by atoms with Crippen LogP contribution in [0.2, 0.25) is 0 Å². The Bertz CT molecular complexity index is 550. The fourth-order valence-corrected chi connectivity index (χ4v) is 2.44. The molecule has 0 bridgehead atoms. The first-order valence-corrected chi connectivity index (χ1v) is 7.36. The first kappa shape index (κ1) is 12.6. The third kappa shape index (κ3) is 2.94. The molecule has 0 amide bonds. The Balaban J connectivity index is 1.81. The van der Waals surface area contributed by atoms with Crippen LogP contribution >= 0.6 is 15.9 Å². The zero-order valence-corrected chi connectivity index (χ0v) is 12.3. The summed E-state index contributed by atoms with van der Waals surface area (Å²) in [4.78, 5) is 16.5. The first-order chi connectivity index (χ1) is 9.26. The van der Waals surface area contributed by atoms with Gasteiger partial charge in [-0.1, -0.05) is 6.92 Å². The van der Waals surface area contributed by atoms with E-state index in [1.807, 2.05) is 12.3 Å². The number of anilines is 1. The Hall–Kier alpha value is -1.43. The lowest BCUT2D eigenvalue weighted by molar-refractivity contribution is 0.697. The van der Waals surface area contributed by atoms with Gasteiger partial charge in [-0.3, -0.25) is 0 Å². The summed E-state index contributed by atoms with van der Waals surface area (Å²) in [7, 11) is 0. The Labute approximate surface area is 120 Å². The Kier molecular flexibility index (Phi) is 3.50. The van der Waals surface area contributed by atoms with Crippen LogP contribution in [0.15, 0.2) is 23.1 Å². The summed E-state index contributed by atoms with van der Waals surface area (Å²) in [5, 5.41) is 3.42. The molecule has 0 spiro atoms. The van der Waals surface area contributed by atoms with E-state index >= 15 is 0 Å². The third-order valence-electron chi connectivity index (χ3n) is 3.23. The number of imidazole rings is 1. The largest absolute Gasteiger partial charge is 0.360 e. The maximum absolute atomic E-state index is 4.60. The molecule has 2 aromatic heterocycles. The highest BCUT2D eigenvalue weighted by Crippen LogP contribution is 2.39. The third-order valence-corrected chi connectivity index (χ3v) is 3.64. The molecule has 19 heavy (non-hydrogen) atoms. The van der Waals surface area contributed by atoms with Gasteiger partial charge in [-0.15, -0.1) is 0 Å². The lowest BCUT2D eigenvalue weighted by atomic mass is 10.2. The molecule has 0 aromatic carbocycles. The van der Waals surface area contributed by atoms with Gasteiger partial charge in [-0.25, -0.2) is 15.0 Å². The van der Waals surface area contributed by atoms with Crippen LogP contribution in [0.1, 0.15) is 49.8 Å². The maximum atomic E-state index is 4.60. The van der Waals surface area contributed by atoms with Crippen molar-refractivity contribution in [2.45, 2.75) is 38.1 Å². The van der Waals surface area contributed by atoms with E-state index in [9.17, 15) is 0 Å². The van der Waals surface area contributed by atoms with Crippen LogP contribution in [0.4, 0.5) is 5.82 Å². The van der Waals surface area contributed by atoms with Crippen molar-refractivity contribution in [3.63, 3.8) is 0 Å². The fraction of sp³-hybridized carbons (Fsp3) is 0.462. The lowest BCUT2D eigenvalue weighted by Gasteiger charge is -2.16. The standard InChI is InChI=1S/C13H16BrN5/c1-2-9(13-15-5-6-16-13)17-11-7-10(14)18-12(19-11)8-3-4-8/h5-9H,2-4H2,1H3,(H,15,16)(H,17,18,19). The van der Waals surface area contributed by atoms with Gasteiger partial charge in [0.05, 0.1) is 6.04 Å². The highest BCUT2D eigenvalue weighted by Gasteiger charge is 2.27. The number of aromatic nitrogens is 4. The second-order valence-electron chi connectivity index (χ2n) is 4.79. The Morgan fingerprint density at radius 1 is 1.47 bits per heavy atom. The zero-order chi connectivity index (χ0) is 13.2. The molecule has 2 aromatic rings. The number of rotatable bonds is 5. The number of H-pyrrole nitrogens is 1. The van der Waals surface area contributed by atoms with E-state index in [-0.39, 0.29) is 6.04 Å². The summed E-state index contributed by atoms with van der Waals surface area (Å²) in [6.07, 6.45) is 6.95. The van der Waals surface area contributed by atoms with Crippen LogP contribution in [-0.2, 0) is 0 Å². The minimum atomic E-state index is 0.142. The molecule has 1 fully saturated rings. The van der Waals surface area contributed by atoms with Crippen molar-refractivity contribution in [2.24, 2.45) is 0 Å². The van der Waals surface area contributed by atoms with Gasteiger partial charge in [0.2, 0.25) is 0 Å². The number of halogens is 1. The number of hydrogen-bond acceptors (Lipinski definition) is 4. The summed E-state index contributed by atoms with van der Waals surface area (Å²) in [5.41, 5.74) is 0. The Morgan fingerprint density at radius 2 is 2.32 bits per heavy atom. The second kappa shape index (κ2) is 5.28. The minimum Gasteiger partial charge on any atom is -0.360 e. The number of nitrogens with one attached hydrogen (secondary N) is 2. The van der Waals surface area contributed by atoms with E-state index in [0.717, 1.165) is 28.5 Å². The van der Waals surface area contributed by atoms with Gasteiger partial charge in [-0.2, -0.15) is 0 Å². The summed E-state index contributed by atoms with van der Waals surface area (Å²) >= 11 is 3.46. The smallest absolute Gasteiger partial charge is 0.135 e. The van der Waals surface area contributed by atoms with Crippen molar-refractivity contribution in [1.82, 2.24) is 19.9 Å². The Morgan fingerprint density at radius 3 is 2.95 bits per heavy atom. The molecule has 0 saturated heterocycles. The van der Waals surface area contributed by atoms with Gasteiger partial charge in [0.1, 0.15) is 22.1 Å². The van der Waals surface area contributed by atoms with Crippen LogP contribution in [0.25, 0.3) is 0 Å². The van der Waals surface area contributed by atoms with Gasteiger partial charge >= 0.3 is 0 Å². The van der Waals surface area contributed by atoms with Crippen molar-refractivity contribution < 1.29 is 0 Å². The van der Waals surface area contributed by atoms with Crippen molar-refractivity contribution in [2.75, 3.05) is 5.32 Å². The molecule has 5 nitrogen and oxygen atoms in total. The van der Waals surface area contributed by atoms with E-state index in [1.165, 1.54) is 12.8 Å². The molecular weight excluding hydrogens is 306 g/mol. The molecule has 2 N–H and O–H groups in total. The predicted molar refractivity (Wildman–Crippen MR) is 76.9 cm³/mol. The monoisotopic (exact) mass is 321 g/mol. The average molecular weight is 322 g/mol. The number of aromatic amines is 1. The first-order valence-electron chi connectivity index (χ1n) is 6.56. The van der Waals surface area contributed by atoms with E-state index in [0.29, 0.717) is 5.92 Å². The van der Waals surface area contributed by atoms with Gasteiger partial charge in [0, 0.05) is 24.4 Å². The number of nitrogens with zero attached hydrogens (tertiary/aromatic N) is 3. The molecule has 100 valence electrons. The molecule has 0 radical (unpaired) electrons. The molecule has 1 aliphatic carbocycles. The highest BCUT2D eigenvalue weighted by atomic mass is 79.9. The van der Waals surface area contributed by atoms with Crippen LogP contribution in [0.5, 0.6) is 0 Å². The molecule has 6 heteroatoms. The molecule has 2 heterocycles. The van der Waals surface area contributed by atoms with Crippen molar-refractivity contribution in [3.8, 4) is 0 Å². The lowest BCUT2D eigenvalue weighted by Crippen LogP contribution is -2.13. The summed E-state index contributed by atoms with van der Waals surface area (Å²) < 4.78 is 0.834. The topological polar surface area (TPSA) is 66.5 Å². The second-order valence-corrected chi connectivity index (χ2v) is 5.60. The average Bonchev–Trinajstić information content (AvgIpc) is 3.11. The molecule has 3 rings (SSSR count). The van der Waals surface area contributed by atoms with Crippen molar-refractivity contribution >= 4 is 21.7 Å². The van der Waals surface area contributed by atoms with Crippen LogP contribution in [0, 0.1) is 0 Å². The maximum Gasteiger partial charge on any atom is 0.135 e. The quantitative estimate of drug-likeness (QED) is 0.828. The van der Waals surface area contributed by atoms with E-state index in [1.54, 1.807) is 6.20 Å². The highest BCUT2D eigenvalue weighted by molar-refractivity contribution is 9.10. The minimum absolute atomic E-state index is 0.142. The van der Waals surface area contributed by atoms with E-state index < -0.39 is 0 Å². The van der Waals surface area contributed by atoms with Gasteiger partial charge in [0.25, 0.3) is 0 Å². The summed E-state index contributed by atoms with van der Waals surface area (Å²) in [5.74, 6) is 3.27. The summed E-state index contributed by atoms with van der Waals surface area (Å²) in [6, 6.07) is 2.06. The van der Waals surface area contributed by atoms with Crippen LogP contribution < -0.4 is 5.32 Å².